The Bertz CT molecular complexity index is 862. The summed E-state index contributed by atoms with van der Waals surface area (Å²) in [6.07, 6.45) is 0. The molecule has 0 bridgehead atoms. The molecule has 0 saturated carbocycles. The summed E-state index contributed by atoms with van der Waals surface area (Å²) in [7, 11) is 0. The topological polar surface area (TPSA) is 64.7 Å². The first-order valence-electron chi connectivity index (χ1n) is 9.81. The molecule has 0 atom stereocenters. The number of halogens is 1. The van der Waals surface area contributed by atoms with E-state index < -0.39 is 11.8 Å². The molecule has 0 radical (unpaired) electrons. The van der Waals surface area contributed by atoms with Crippen LogP contribution in [0.15, 0.2) is 42.5 Å². The Morgan fingerprint density at radius 3 is 2.34 bits per heavy atom. The molecule has 154 valence electrons. The molecule has 0 aliphatic carbocycles. The molecule has 3 rings (SSSR count). The predicted octanol–water partition coefficient (Wildman–Crippen LogP) is 2.83. The molecule has 1 saturated heterocycles. The van der Waals surface area contributed by atoms with Crippen molar-refractivity contribution in [3.63, 3.8) is 0 Å². The fourth-order valence-electron chi connectivity index (χ4n) is 3.34. The van der Waals surface area contributed by atoms with Crippen LogP contribution in [-0.2, 0) is 9.59 Å². The number of benzene rings is 2. The SMILES string of the molecule is Cc1ccc(C)c(NC(=O)C(=O)NCCN2CCN(c3ccc(Cl)cc3)CC2)c1. The van der Waals surface area contributed by atoms with E-state index in [1.54, 1.807) is 0 Å². The summed E-state index contributed by atoms with van der Waals surface area (Å²) in [4.78, 5) is 28.8. The summed E-state index contributed by atoms with van der Waals surface area (Å²) in [5.41, 5.74) is 3.80. The van der Waals surface area contributed by atoms with Crippen LogP contribution in [-0.4, -0.2) is 56.0 Å². The lowest BCUT2D eigenvalue weighted by Gasteiger charge is -2.36. The number of anilines is 2. The van der Waals surface area contributed by atoms with E-state index in [4.69, 9.17) is 11.6 Å². The number of aryl methyl sites for hydroxylation is 2. The molecule has 2 aromatic carbocycles. The first-order valence-corrected chi connectivity index (χ1v) is 10.2. The molecular formula is C22H27ClN4O2. The van der Waals surface area contributed by atoms with E-state index in [0.29, 0.717) is 12.2 Å². The third-order valence-electron chi connectivity index (χ3n) is 5.13. The second kappa shape index (κ2) is 9.76. The molecular weight excluding hydrogens is 388 g/mol. The molecule has 1 aliphatic rings. The van der Waals surface area contributed by atoms with Gasteiger partial charge >= 0.3 is 11.8 Å². The van der Waals surface area contributed by atoms with Crippen LogP contribution in [0.3, 0.4) is 0 Å². The van der Waals surface area contributed by atoms with Gasteiger partial charge in [-0.2, -0.15) is 0 Å². The van der Waals surface area contributed by atoms with Crippen molar-refractivity contribution in [1.82, 2.24) is 10.2 Å². The van der Waals surface area contributed by atoms with E-state index in [2.05, 4.69) is 20.4 Å². The monoisotopic (exact) mass is 414 g/mol. The van der Waals surface area contributed by atoms with Gasteiger partial charge in [-0.3, -0.25) is 14.5 Å². The Labute approximate surface area is 176 Å². The molecule has 1 heterocycles. The van der Waals surface area contributed by atoms with Crippen molar-refractivity contribution in [3.8, 4) is 0 Å². The number of piperazine rings is 1. The van der Waals surface area contributed by atoms with E-state index in [9.17, 15) is 9.59 Å². The molecule has 0 unspecified atom stereocenters. The number of carbonyl (C=O) groups is 2. The molecule has 1 fully saturated rings. The van der Waals surface area contributed by atoms with Gasteiger partial charge in [-0.15, -0.1) is 0 Å². The second-order valence-corrected chi connectivity index (χ2v) is 7.77. The Kier molecular flexibility index (Phi) is 7.12. The maximum absolute atomic E-state index is 12.1. The van der Waals surface area contributed by atoms with Crippen molar-refractivity contribution in [3.05, 3.63) is 58.6 Å². The van der Waals surface area contributed by atoms with Crippen molar-refractivity contribution in [2.75, 3.05) is 49.5 Å². The third kappa shape index (κ3) is 5.95. The van der Waals surface area contributed by atoms with Crippen LogP contribution in [0.2, 0.25) is 5.02 Å². The molecule has 2 N–H and O–H groups in total. The summed E-state index contributed by atoms with van der Waals surface area (Å²) in [6.45, 7) is 8.67. The zero-order valence-corrected chi connectivity index (χ0v) is 17.6. The van der Waals surface area contributed by atoms with Gasteiger partial charge < -0.3 is 15.5 Å². The van der Waals surface area contributed by atoms with Crippen molar-refractivity contribution in [1.29, 1.82) is 0 Å². The van der Waals surface area contributed by atoms with E-state index in [1.165, 1.54) is 5.69 Å². The lowest BCUT2D eigenvalue weighted by atomic mass is 10.1. The van der Waals surface area contributed by atoms with E-state index in [0.717, 1.165) is 48.9 Å². The van der Waals surface area contributed by atoms with Gasteiger partial charge in [0.15, 0.2) is 0 Å². The number of rotatable bonds is 5. The van der Waals surface area contributed by atoms with Gasteiger partial charge in [0.25, 0.3) is 0 Å². The maximum Gasteiger partial charge on any atom is 0.313 e. The largest absolute Gasteiger partial charge is 0.369 e. The van der Waals surface area contributed by atoms with E-state index >= 15 is 0 Å². The molecule has 0 spiro atoms. The predicted molar refractivity (Wildman–Crippen MR) is 118 cm³/mol. The first kappa shape index (κ1) is 21.1. The summed E-state index contributed by atoms with van der Waals surface area (Å²) >= 11 is 5.95. The minimum atomic E-state index is -0.633. The van der Waals surface area contributed by atoms with Crippen molar-refractivity contribution in [2.45, 2.75) is 13.8 Å². The Morgan fingerprint density at radius 1 is 0.966 bits per heavy atom. The number of amides is 2. The quantitative estimate of drug-likeness (QED) is 0.738. The highest BCUT2D eigenvalue weighted by Gasteiger charge is 2.18. The van der Waals surface area contributed by atoms with Gasteiger partial charge in [0.2, 0.25) is 0 Å². The van der Waals surface area contributed by atoms with Crippen molar-refractivity contribution >= 4 is 34.8 Å². The minimum absolute atomic E-state index is 0.444. The fourth-order valence-corrected chi connectivity index (χ4v) is 3.46. The lowest BCUT2D eigenvalue weighted by molar-refractivity contribution is -0.136. The molecule has 2 aromatic rings. The van der Waals surface area contributed by atoms with Gasteiger partial charge in [-0.05, 0) is 55.3 Å². The van der Waals surface area contributed by atoms with Gasteiger partial charge in [-0.25, -0.2) is 0 Å². The number of nitrogens with one attached hydrogen (secondary N) is 2. The molecule has 7 heteroatoms. The summed E-state index contributed by atoms with van der Waals surface area (Å²) < 4.78 is 0. The van der Waals surface area contributed by atoms with Crippen LogP contribution in [0.4, 0.5) is 11.4 Å². The van der Waals surface area contributed by atoms with Crippen LogP contribution in [0.5, 0.6) is 0 Å². The van der Waals surface area contributed by atoms with Crippen LogP contribution < -0.4 is 15.5 Å². The molecule has 1 aliphatic heterocycles. The Hall–Kier alpha value is -2.57. The van der Waals surface area contributed by atoms with Crippen LogP contribution in [0.25, 0.3) is 0 Å². The standard InChI is InChI=1S/C22H27ClN4O2/c1-16-3-4-17(2)20(15-16)25-22(29)21(28)24-9-10-26-11-13-27(14-12-26)19-7-5-18(23)6-8-19/h3-8,15H,9-14H2,1-2H3,(H,24,28)(H,25,29). The van der Waals surface area contributed by atoms with Gasteiger partial charge in [0, 0.05) is 55.7 Å². The Balaban J connectivity index is 1.39. The molecule has 6 nitrogen and oxygen atoms in total. The zero-order chi connectivity index (χ0) is 20.8. The zero-order valence-electron chi connectivity index (χ0n) is 16.9. The third-order valence-corrected chi connectivity index (χ3v) is 5.38. The smallest absolute Gasteiger partial charge is 0.313 e. The van der Waals surface area contributed by atoms with Crippen molar-refractivity contribution < 1.29 is 9.59 Å². The maximum atomic E-state index is 12.1. The summed E-state index contributed by atoms with van der Waals surface area (Å²) in [5, 5.41) is 6.14. The van der Waals surface area contributed by atoms with E-state index in [-0.39, 0.29) is 0 Å². The van der Waals surface area contributed by atoms with Crippen LogP contribution in [0, 0.1) is 13.8 Å². The van der Waals surface area contributed by atoms with Crippen molar-refractivity contribution in [2.24, 2.45) is 0 Å². The highest BCUT2D eigenvalue weighted by Crippen LogP contribution is 2.19. The summed E-state index contributed by atoms with van der Waals surface area (Å²) in [5.74, 6) is -1.24. The highest BCUT2D eigenvalue weighted by atomic mass is 35.5. The molecule has 29 heavy (non-hydrogen) atoms. The highest BCUT2D eigenvalue weighted by molar-refractivity contribution is 6.39. The molecule has 0 aromatic heterocycles. The van der Waals surface area contributed by atoms with Gasteiger partial charge in [-0.1, -0.05) is 23.7 Å². The van der Waals surface area contributed by atoms with Gasteiger partial charge in [0.1, 0.15) is 0 Å². The van der Waals surface area contributed by atoms with Gasteiger partial charge in [0.05, 0.1) is 0 Å². The molecule has 2 amide bonds. The van der Waals surface area contributed by atoms with Crippen LogP contribution in [0.1, 0.15) is 11.1 Å². The van der Waals surface area contributed by atoms with Crippen LogP contribution >= 0.6 is 11.6 Å². The van der Waals surface area contributed by atoms with E-state index in [1.807, 2.05) is 56.3 Å². The fraction of sp³-hybridized carbons (Fsp3) is 0.364. The number of hydrogen-bond donors (Lipinski definition) is 2. The number of nitrogens with zero attached hydrogens (tertiary/aromatic N) is 2. The normalized spacial score (nSPS) is 14.5. The second-order valence-electron chi connectivity index (χ2n) is 7.33. The Morgan fingerprint density at radius 2 is 1.66 bits per heavy atom. The average Bonchev–Trinajstić information content (AvgIpc) is 2.72. The number of carbonyl (C=O) groups excluding carboxylic acids is 2. The minimum Gasteiger partial charge on any atom is -0.369 e. The summed E-state index contributed by atoms with van der Waals surface area (Å²) in [6, 6.07) is 13.6. The number of hydrogen-bond acceptors (Lipinski definition) is 4. The first-order chi connectivity index (χ1) is 13.9. The lowest BCUT2D eigenvalue weighted by Crippen LogP contribution is -2.49. The average molecular weight is 415 g/mol.